The molecule has 0 amide bonds. The average Bonchev–Trinajstić information content (AvgIpc) is 2.83. The van der Waals surface area contributed by atoms with Crippen LogP contribution in [0.25, 0.3) is 0 Å². The number of hydrogen-bond acceptors (Lipinski definition) is 1. The third-order valence-electron chi connectivity index (χ3n) is 2.45. The molecule has 0 saturated heterocycles. The number of benzene rings is 1. The molecule has 14 heavy (non-hydrogen) atoms. The van der Waals surface area contributed by atoms with Gasteiger partial charge in [-0.25, -0.2) is 0 Å². The first-order chi connectivity index (χ1) is 6.54. The molecule has 1 aromatic rings. The Labute approximate surface area is 86.5 Å². The van der Waals surface area contributed by atoms with Crippen LogP contribution in [-0.2, 0) is 0 Å². The minimum absolute atomic E-state index is 0.155. The van der Waals surface area contributed by atoms with Crippen molar-refractivity contribution in [2.24, 2.45) is 0 Å². The van der Waals surface area contributed by atoms with Crippen LogP contribution >= 0.6 is 0 Å². The SMILES string of the molecule is CC(C)(C)Nc1cccc(C2CC2)c1. The van der Waals surface area contributed by atoms with E-state index in [9.17, 15) is 0 Å². The van der Waals surface area contributed by atoms with Gasteiger partial charge in [0.1, 0.15) is 0 Å². The third-order valence-corrected chi connectivity index (χ3v) is 2.45. The first-order valence-corrected chi connectivity index (χ1v) is 5.43. The van der Waals surface area contributed by atoms with E-state index in [-0.39, 0.29) is 5.54 Å². The maximum atomic E-state index is 3.50. The van der Waals surface area contributed by atoms with Crippen molar-refractivity contribution in [3.8, 4) is 0 Å². The Morgan fingerprint density at radius 1 is 1.21 bits per heavy atom. The molecule has 1 aliphatic carbocycles. The van der Waals surface area contributed by atoms with Crippen LogP contribution in [0.5, 0.6) is 0 Å². The van der Waals surface area contributed by atoms with Gasteiger partial charge in [-0.3, -0.25) is 0 Å². The summed E-state index contributed by atoms with van der Waals surface area (Å²) in [7, 11) is 0. The third kappa shape index (κ3) is 2.50. The van der Waals surface area contributed by atoms with Gasteiger partial charge in [0, 0.05) is 11.2 Å². The quantitative estimate of drug-likeness (QED) is 0.746. The molecule has 0 spiro atoms. The molecule has 0 heterocycles. The maximum absolute atomic E-state index is 3.50. The Bertz CT molecular complexity index is 318. The largest absolute Gasteiger partial charge is 0.380 e. The molecule has 2 rings (SSSR count). The molecule has 1 heteroatoms. The van der Waals surface area contributed by atoms with Gasteiger partial charge in [0.05, 0.1) is 0 Å². The molecule has 1 nitrogen and oxygen atoms in total. The summed E-state index contributed by atoms with van der Waals surface area (Å²) in [6.07, 6.45) is 2.75. The highest BCUT2D eigenvalue weighted by Gasteiger charge is 2.23. The van der Waals surface area contributed by atoms with Gasteiger partial charge in [-0.1, -0.05) is 12.1 Å². The smallest absolute Gasteiger partial charge is 0.0347 e. The number of nitrogens with one attached hydrogen (secondary N) is 1. The van der Waals surface area contributed by atoms with E-state index in [1.807, 2.05) is 0 Å². The molecule has 0 atom stereocenters. The van der Waals surface area contributed by atoms with Gasteiger partial charge in [0.25, 0.3) is 0 Å². The van der Waals surface area contributed by atoms with Crippen LogP contribution in [0, 0.1) is 0 Å². The van der Waals surface area contributed by atoms with Gasteiger partial charge in [-0.15, -0.1) is 0 Å². The topological polar surface area (TPSA) is 12.0 Å². The Balaban J connectivity index is 2.13. The number of hydrogen-bond donors (Lipinski definition) is 1. The van der Waals surface area contributed by atoms with Crippen LogP contribution in [0.4, 0.5) is 5.69 Å². The summed E-state index contributed by atoms with van der Waals surface area (Å²) in [6.45, 7) is 6.57. The van der Waals surface area contributed by atoms with Crippen LogP contribution in [0.1, 0.15) is 45.1 Å². The van der Waals surface area contributed by atoms with E-state index in [0.717, 1.165) is 5.92 Å². The van der Waals surface area contributed by atoms with Crippen molar-refractivity contribution < 1.29 is 0 Å². The summed E-state index contributed by atoms with van der Waals surface area (Å²) in [5.41, 5.74) is 2.91. The van der Waals surface area contributed by atoms with Crippen LogP contribution in [0.2, 0.25) is 0 Å². The van der Waals surface area contributed by atoms with Crippen molar-refractivity contribution in [1.29, 1.82) is 0 Å². The molecule has 0 aromatic heterocycles. The van der Waals surface area contributed by atoms with Crippen molar-refractivity contribution in [3.05, 3.63) is 29.8 Å². The van der Waals surface area contributed by atoms with Gasteiger partial charge >= 0.3 is 0 Å². The molecule has 0 radical (unpaired) electrons. The number of rotatable bonds is 2. The van der Waals surface area contributed by atoms with E-state index in [2.05, 4.69) is 50.4 Å². The first-order valence-electron chi connectivity index (χ1n) is 5.43. The zero-order valence-electron chi connectivity index (χ0n) is 9.30. The van der Waals surface area contributed by atoms with Gasteiger partial charge in [0.15, 0.2) is 0 Å². The Kier molecular flexibility index (Phi) is 2.26. The highest BCUT2D eigenvalue weighted by atomic mass is 14.9. The Hall–Kier alpha value is -0.980. The molecule has 0 unspecified atom stereocenters. The first kappa shape index (κ1) is 9.57. The van der Waals surface area contributed by atoms with E-state index in [1.165, 1.54) is 24.1 Å². The van der Waals surface area contributed by atoms with Crippen LogP contribution in [0.15, 0.2) is 24.3 Å². The fraction of sp³-hybridized carbons (Fsp3) is 0.538. The predicted octanol–water partition coefficient (Wildman–Crippen LogP) is 3.77. The minimum atomic E-state index is 0.155. The van der Waals surface area contributed by atoms with Crippen LogP contribution in [0.3, 0.4) is 0 Å². The summed E-state index contributed by atoms with van der Waals surface area (Å²) < 4.78 is 0. The number of anilines is 1. The Morgan fingerprint density at radius 3 is 2.50 bits per heavy atom. The summed E-state index contributed by atoms with van der Waals surface area (Å²) in [4.78, 5) is 0. The molecule has 0 bridgehead atoms. The average molecular weight is 189 g/mol. The summed E-state index contributed by atoms with van der Waals surface area (Å²) in [5, 5.41) is 3.50. The van der Waals surface area contributed by atoms with Crippen molar-refractivity contribution in [2.75, 3.05) is 5.32 Å². The molecule has 1 N–H and O–H groups in total. The van der Waals surface area contributed by atoms with Crippen molar-refractivity contribution >= 4 is 5.69 Å². The molecule has 1 aliphatic rings. The van der Waals surface area contributed by atoms with Gasteiger partial charge in [-0.2, -0.15) is 0 Å². The second-order valence-corrected chi connectivity index (χ2v) is 5.27. The monoisotopic (exact) mass is 189 g/mol. The van der Waals surface area contributed by atoms with E-state index >= 15 is 0 Å². The predicted molar refractivity (Wildman–Crippen MR) is 61.8 cm³/mol. The summed E-state index contributed by atoms with van der Waals surface area (Å²) in [6, 6.07) is 8.84. The Morgan fingerprint density at radius 2 is 1.93 bits per heavy atom. The molecular formula is C13H19N. The molecule has 1 fully saturated rings. The van der Waals surface area contributed by atoms with Gasteiger partial charge < -0.3 is 5.32 Å². The highest BCUT2D eigenvalue weighted by Crippen LogP contribution is 2.40. The van der Waals surface area contributed by atoms with E-state index in [0.29, 0.717) is 0 Å². The minimum Gasteiger partial charge on any atom is -0.380 e. The lowest BCUT2D eigenvalue weighted by molar-refractivity contribution is 0.634. The fourth-order valence-corrected chi connectivity index (χ4v) is 1.72. The van der Waals surface area contributed by atoms with Gasteiger partial charge in [-0.05, 0) is 57.2 Å². The lowest BCUT2D eigenvalue weighted by Crippen LogP contribution is -2.25. The highest BCUT2D eigenvalue weighted by molar-refractivity contribution is 5.48. The van der Waals surface area contributed by atoms with Crippen molar-refractivity contribution in [1.82, 2.24) is 0 Å². The molecule has 76 valence electrons. The zero-order valence-corrected chi connectivity index (χ0v) is 9.30. The maximum Gasteiger partial charge on any atom is 0.0347 e. The lowest BCUT2D eigenvalue weighted by atomic mass is 10.1. The van der Waals surface area contributed by atoms with Crippen molar-refractivity contribution in [3.63, 3.8) is 0 Å². The zero-order chi connectivity index (χ0) is 10.2. The molecule has 1 aromatic carbocycles. The fourth-order valence-electron chi connectivity index (χ4n) is 1.72. The molecular weight excluding hydrogens is 170 g/mol. The summed E-state index contributed by atoms with van der Waals surface area (Å²) in [5.74, 6) is 0.844. The standard InChI is InChI=1S/C13H19N/c1-13(2,3)14-12-6-4-5-11(9-12)10-7-8-10/h4-6,9-10,14H,7-8H2,1-3H3. The molecule has 1 saturated carbocycles. The van der Waals surface area contributed by atoms with Crippen LogP contribution < -0.4 is 5.32 Å². The normalized spacial score (nSPS) is 16.8. The summed E-state index contributed by atoms with van der Waals surface area (Å²) >= 11 is 0. The van der Waals surface area contributed by atoms with Crippen LogP contribution in [-0.4, -0.2) is 5.54 Å². The van der Waals surface area contributed by atoms with E-state index < -0.39 is 0 Å². The van der Waals surface area contributed by atoms with E-state index in [1.54, 1.807) is 0 Å². The molecule has 0 aliphatic heterocycles. The van der Waals surface area contributed by atoms with E-state index in [4.69, 9.17) is 0 Å². The lowest BCUT2D eigenvalue weighted by Gasteiger charge is -2.22. The van der Waals surface area contributed by atoms with Gasteiger partial charge in [0.2, 0.25) is 0 Å². The van der Waals surface area contributed by atoms with Crippen molar-refractivity contribution in [2.45, 2.75) is 45.1 Å². The second kappa shape index (κ2) is 3.30. The second-order valence-electron chi connectivity index (χ2n) is 5.27.